The summed E-state index contributed by atoms with van der Waals surface area (Å²) in [6.45, 7) is 3.73. The fourth-order valence-corrected chi connectivity index (χ4v) is 1.87. The van der Waals surface area contributed by atoms with Gasteiger partial charge in [0, 0.05) is 6.04 Å². The molecule has 0 atom stereocenters. The Labute approximate surface area is 134 Å². The Morgan fingerprint density at radius 1 is 1.09 bits per heavy atom. The molecule has 1 heterocycles. The number of carbonyl (C=O) groups excluding carboxylic acids is 2. The first-order chi connectivity index (χ1) is 11.0. The first kappa shape index (κ1) is 16.4. The molecule has 0 unspecified atom stereocenters. The molecular formula is C16H18N4O3. The predicted octanol–water partition coefficient (Wildman–Crippen LogP) is 2.14. The van der Waals surface area contributed by atoms with Crippen molar-refractivity contribution in [2.45, 2.75) is 19.9 Å². The fourth-order valence-electron chi connectivity index (χ4n) is 1.87. The number of aromatic nitrogens is 2. The third-order valence-electron chi connectivity index (χ3n) is 2.91. The first-order valence-electron chi connectivity index (χ1n) is 7.10. The van der Waals surface area contributed by atoms with Gasteiger partial charge in [-0.3, -0.25) is 4.79 Å². The summed E-state index contributed by atoms with van der Waals surface area (Å²) in [6, 6.07) is 10.1. The maximum absolute atomic E-state index is 11.8. The van der Waals surface area contributed by atoms with Crippen molar-refractivity contribution in [2.75, 3.05) is 12.4 Å². The summed E-state index contributed by atoms with van der Waals surface area (Å²) < 4.78 is 4.73. The minimum Gasteiger partial charge on any atom is -0.465 e. The van der Waals surface area contributed by atoms with Gasteiger partial charge < -0.3 is 15.4 Å². The van der Waals surface area contributed by atoms with Crippen molar-refractivity contribution in [1.29, 1.82) is 0 Å². The van der Waals surface area contributed by atoms with E-state index in [0.29, 0.717) is 17.1 Å². The molecule has 0 fully saturated rings. The molecule has 1 amide bonds. The minimum atomic E-state index is -0.450. The van der Waals surface area contributed by atoms with Crippen LogP contribution in [-0.4, -0.2) is 35.2 Å². The second-order valence-electron chi connectivity index (χ2n) is 5.09. The van der Waals surface area contributed by atoms with Gasteiger partial charge in [-0.25, -0.2) is 4.79 Å². The van der Waals surface area contributed by atoms with E-state index in [1.54, 1.807) is 36.4 Å². The summed E-state index contributed by atoms with van der Waals surface area (Å²) in [5, 5.41) is 13.6. The second kappa shape index (κ2) is 7.35. The molecule has 2 rings (SSSR count). The van der Waals surface area contributed by atoms with Crippen molar-refractivity contribution in [3.05, 3.63) is 47.7 Å². The van der Waals surface area contributed by atoms with E-state index in [1.807, 2.05) is 13.8 Å². The standard InChI is InChI=1S/C16H18N4O3/c1-10(2)17-15(21)13-8-9-14(20-19-13)18-12-7-5-4-6-11(12)16(22)23-3/h4-10H,1-3H3,(H,17,21)(H,18,20). The molecule has 1 aromatic carbocycles. The number of rotatable bonds is 5. The summed E-state index contributed by atoms with van der Waals surface area (Å²) in [4.78, 5) is 23.5. The summed E-state index contributed by atoms with van der Waals surface area (Å²) in [5.41, 5.74) is 1.16. The van der Waals surface area contributed by atoms with Gasteiger partial charge in [0.25, 0.3) is 5.91 Å². The van der Waals surface area contributed by atoms with Gasteiger partial charge in [-0.2, -0.15) is 0 Å². The van der Waals surface area contributed by atoms with Crippen LogP contribution in [0.5, 0.6) is 0 Å². The van der Waals surface area contributed by atoms with Gasteiger partial charge in [-0.1, -0.05) is 12.1 Å². The Balaban J connectivity index is 2.16. The molecule has 0 spiro atoms. The van der Waals surface area contributed by atoms with Crippen LogP contribution in [0.25, 0.3) is 0 Å². The number of hydrogen-bond acceptors (Lipinski definition) is 6. The van der Waals surface area contributed by atoms with Crippen LogP contribution in [0.2, 0.25) is 0 Å². The Hall–Kier alpha value is -2.96. The molecule has 1 aromatic heterocycles. The molecule has 0 radical (unpaired) electrons. The minimum absolute atomic E-state index is 0.0223. The maximum Gasteiger partial charge on any atom is 0.339 e. The van der Waals surface area contributed by atoms with E-state index >= 15 is 0 Å². The molecule has 0 bridgehead atoms. The Morgan fingerprint density at radius 2 is 1.83 bits per heavy atom. The summed E-state index contributed by atoms with van der Waals surface area (Å²) in [5.74, 6) is -0.314. The zero-order valence-corrected chi connectivity index (χ0v) is 13.2. The van der Waals surface area contributed by atoms with E-state index in [1.165, 1.54) is 7.11 Å². The van der Waals surface area contributed by atoms with Crippen molar-refractivity contribution in [2.24, 2.45) is 0 Å². The molecule has 0 aliphatic carbocycles. The lowest BCUT2D eigenvalue weighted by Crippen LogP contribution is -2.30. The molecule has 23 heavy (non-hydrogen) atoms. The van der Waals surface area contributed by atoms with E-state index in [-0.39, 0.29) is 17.6 Å². The van der Waals surface area contributed by atoms with Crippen LogP contribution in [0.1, 0.15) is 34.7 Å². The highest BCUT2D eigenvalue weighted by atomic mass is 16.5. The molecule has 0 saturated heterocycles. The highest BCUT2D eigenvalue weighted by Gasteiger charge is 2.13. The first-order valence-corrected chi connectivity index (χ1v) is 7.10. The van der Waals surface area contributed by atoms with Crippen LogP contribution in [0.4, 0.5) is 11.5 Å². The highest BCUT2D eigenvalue weighted by Crippen LogP contribution is 2.20. The predicted molar refractivity (Wildman–Crippen MR) is 85.7 cm³/mol. The van der Waals surface area contributed by atoms with Crippen molar-refractivity contribution in [1.82, 2.24) is 15.5 Å². The second-order valence-corrected chi connectivity index (χ2v) is 5.09. The quantitative estimate of drug-likeness (QED) is 0.821. The van der Waals surface area contributed by atoms with Gasteiger partial charge in [0.2, 0.25) is 0 Å². The number of methoxy groups -OCH3 is 1. The molecule has 2 aromatic rings. The number of esters is 1. The number of carbonyl (C=O) groups is 2. The lowest BCUT2D eigenvalue weighted by molar-refractivity contribution is 0.0601. The van der Waals surface area contributed by atoms with E-state index in [0.717, 1.165) is 0 Å². The lowest BCUT2D eigenvalue weighted by Gasteiger charge is -2.10. The number of nitrogens with one attached hydrogen (secondary N) is 2. The summed E-state index contributed by atoms with van der Waals surface area (Å²) in [6.07, 6.45) is 0. The zero-order chi connectivity index (χ0) is 16.8. The van der Waals surface area contributed by atoms with E-state index < -0.39 is 5.97 Å². The van der Waals surface area contributed by atoms with Crippen LogP contribution in [0.15, 0.2) is 36.4 Å². The number of benzene rings is 1. The van der Waals surface area contributed by atoms with E-state index in [4.69, 9.17) is 4.74 Å². The van der Waals surface area contributed by atoms with Gasteiger partial charge in [-0.15, -0.1) is 10.2 Å². The molecular weight excluding hydrogens is 296 g/mol. The maximum atomic E-state index is 11.8. The van der Waals surface area contributed by atoms with E-state index in [2.05, 4.69) is 20.8 Å². The van der Waals surface area contributed by atoms with Crippen molar-refractivity contribution < 1.29 is 14.3 Å². The largest absolute Gasteiger partial charge is 0.465 e. The van der Waals surface area contributed by atoms with Gasteiger partial charge in [0.15, 0.2) is 11.5 Å². The SMILES string of the molecule is COC(=O)c1ccccc1Nc1ccc(C(=O)NC(C)C)nn1. The third kappa shape index (κ3) is 4.26. The summed E-state index contributed by atoms with van der Waals surface area (Å²) in [7, 11) is 1.32. The van der Waals surface area contributed by atoms with Gasteiger partial charge in [-0.05, 0) is 38.1 Å². The number of amides is 1. The van der Waals surface area contributed by atoms with Crippen molar-refractivity contribution in [3.8, 4) is 0 Å². The smallest absolute Gasteiger partial charge is 0.339 e. The highest BCUT2D eigenvalue weighted by molar-refractivity contribution is 5.96. The molecule has 7 heteroatoms. The number of para-hydroxylation sites is 1. The molecule has 2 N–H and O–H groups in total. The molecule has 7 nitrogen and oxygen atoms in total. The average molecular weight is 314 g/mol. The number of hydrogen-bond donors (Lipinski definition) is 2. The average Bonchev–Trinajstić information content (AvgIpc) is 2.54. The van der Waals surface area contributed by atoms with Gasteiger partial charge in [0.1, 0.15) is 0 Å². The number of anilines is 2. The number of ether oxygens (including phenoxy) is 1. The van der Waals surface area contributed by atoms with Crippen LogP contribution < -0.4 is 10.6 Å². The Bertz CT molecular complexity index is 699. The molecule has 0 aliphatic heterocycles. The zero-order valence-electron chi connectivity index (χ0n) is 13.2. The lowest BCUT2D eigenvalue weighted by atomic mass is 10.2. The monoisotopic (exact) mass is 314 g/mol. The molecule has 0 saturated carbocycles. The van der Waals surface area contributed by atoms with Crippen molar-refractivity contribution in [3.63, 3.8) is 0 Å². The van der Waals surface area contributed by atoms with E-state index in [9.17, 15) is 9.59 Å². The van der Waals surface area contributed by atoms with Crippen LogP contribution in [-0.2, 0) is 4.74 Å². The van der Waals surface area contributed by atoms with Crippen LogP contribution >= 0.6 is 0 Å². The topological polar surface area (TPSA) is 93.2 Å². The van der Waals surface area contributed by atoms with Gasteiger partial charge >= 0.3 is 5.97 Å². The fraction of sp³-hybridized carbons (Fsp3) is 0.250. The Morgan fingerprint density at radius 3 is 2.43 bits per heavy atom. The molecule has 120 valence electrons. The Kier molecular flexibility index (Phi) is 5.24. The third-order valence-corrected chi connectivity index (χ3v) is 2.91. The normalized spacial score (nSPS) is 10.3. The van der Waals surface area contributed by atoms with Crippen LogP contribution in [0, 0.1) is 0 Å². The van der Waals surface area contributed by atoms with Crippen LogP contribution in [0.3, 0.4) is 0 Å². The number of nitrogens with zero attached hydrogens (tertiary/aromatic N) is 2. The van der Waals surface area contributed by atoms with Gasteiger partial charge in [0.05, 0.1) is 18.4 Å². The molecule has 0 aliphatic rings. The summed E-state index contributed by atoms with van der Waals surface area (Å²) >= 11 is 0. The van der Waals surface area contributed by atoms with Crippen molar-refractivity contribution >= 4 is 23.4 Å².